The lowest BCUT2D eigenvalue weighted by Gasteiger charge is -2.18. The van der Waals surface area contributed by atoms with Crippen LogP contribution >= 0.6 is 0 Å². The second-order valence-electron chi connectivity index (χ2n) is 11.3. The lowest BCUT2D eigenvalue weighted by atomic mass is 9.85. The summed E-state index contributed by atoms with van der Waals surface area (Å²) < 4.78 is 0. The molecule has 0 fully saturated rings. The molecule has 0 atom stereocenters. The summed E-state index contributed by atoms with van der Waals surface area (Å²) in [5, 5.41) is 7.63. The van der Waals surface area contributed by atoms with Crippen LogP contribution in [0.15, 0.2) is 158 Å². The Morgan fingerprint density at radius 2 is 0.837 bits per heavy atom. The maximum absolute atomic E-state index is 4.16. The molecule has 7 aromatic carbocycles. The highest BCUT2D eigenvalue weighted by Crippen LogP contribution is 2.44. The van der Waals surface area contributed by atoms with Crippen molar-refractivity contribution in [3.63, 3.8) is 0 Å². The van der Waals surface area contributed by atoms with Gasteiger partial charge in [-0.05, 0) is 108 Å². The fraction of sp³-hybridized carbons (Fsp3) is 0.0238. The van der Waals surface area contributed by atoms with E-state index in [-0.39, 0.29) is 0 Å². The average molecular weight is 548 g/mol. The van der Waals surface area contributed by atoms with E-state index in [1.54, 1.807) is 0 Å². The first-order chi connectivity index (χ1) is 21.2. The molecule has 0 unspecified atom stereocenters. The topological polar surface area (TPSA) is 12.9 Å². The average Bonchev–Trinajstić information content (AvgIpc) is 3.07. The molecule has 1 nitrogen and oxygen atoms in total. The van der Waals surface area contributed by atoms with Crippen LogP contribution in [-0.2, 0) is 0 Å². The van der Waals surface area contributed by atoms with Gasteiger partial charge in [-0.15, -0.1) is 0 Å². The molecular formula is C42H29N. The number of fused-ring (bicyclic) bond motifs is 3. The summed E-state index contributed by atoms with van der Waals surface area (Å²) in [4.78, 5) is 4.16. The van der Waals surface area contributed by atoms with E-state index in [0.29, 0.717) is 0 Å². The molecule has 0 saturated carbocycles. The van der Waals surface area contributed by atoms with Crippen LogP contribution in [0.2, 0.25) is 0 Å². The minimum Gasteiger partial charge on any atom is -0.265 e. The van der Waals surface area contributed by atoms with Crippen LogP contribution in [0, 0.1) is 6.92 Å². The van der Waals surface area contributed by atoms with E-state index in [1.807, 2.05) is 12.4 Å². The highest BCUT2D eigenvalue weighted by molar-refractivity contribution is 6.21. The maximum atomic E-state index is 4.16. The molecular weight excluding hydrogens is 518 g/mol. The number of hydrogen-bond donors (Lipinski definition) is 0. The Morgan fingerprint density at radius 1 is 0.349 bits per heavy atom. The van der Waals surface area contributed by atoms with Gasteiger partial charge in [0.2, 0.25) is 0 Å². The maximum Gasteiger partial charge on any atom is 0.0273 e. The molecule has 0 amide bonds. The lowest BCUT2D eigenvalue weighted by molar-refractivity contribution is 1.33. The Balaban J connectivity index is 1.32. The minimum absolute atomic E-state index is 1.18. The van der Waals surface area contributed by atoms with Gasteiger partial charge in [0.1, 0.15) is 0 Å². The first-order valence-electron chi connectivity index (χ1n) is 14.8. The van der Waals surface area contributed by atoms with Gasteiger partial charge in [0.25, 0.3) is 0 Å². The van der Waals surface area contributed by atoms with Gasteiger partial charge in [0.15, 0.2) is 0 Å². The highest BCUT2D eigenvalue weighted by atomic mass is 14.6. The van der Waals surface area contributed by atoms with Crippen LogP contribution in [0.5, 0.6) is 0 Å². The van der Waals surface area contributed by atoms with E-state index in [4.69, 9.17) is 0 Å². The van der Waals surface area contributed by atoms with E-state index in [1.165, 1.54) is 82.4 Å². The van der Waals surface area contributed by atoms with E-state index in [9.17, 15) is 0 Å². The monoisotopic (exact) mass is 547 g/mol. The summed E-state index contributed by atoms with van der Waals surface area (Å²) in [6.07, 6.45) is 3.68. The number of pyridine rings is 1. The zero-order valence-corrected chi connectivity index (χ0v) is 24.0. The summed E-state index contributed by atoms with van der Waals surface area (Å²) >= 11 is 0. The van der Waals surface area contributed by atoms with Crippen LogP contribution in [0.1, 0.15) is 5.56 Å². The van der Waals surface area contributed by atoms with Crippen molar-refractivity contribution in [3.8, 4) is 44.5 Å². The number of aromatic nitrogens is 1. The van der Waals surface area contributed by atoms with Crippen LogP contribution < -0.4 is 0 Å². The number of benzene rings is 7. The van der Waals surface area contributed by atoms with Gasteiger partial charge >= 0.3 is 0 Å². The number of rotatable bonds is 4. The molecule has 1 heteroatoms. The molecule has 43 heavy (non-hydrogen) atoms. The minimum atomic E-state index is 1.18. The van der Waals surface area contributed by atoms with Crippen LogP contribution in [0.25, 0.3) is 76.8 Å². The van der Waals surface area contributed by atoms with Gasteiger partial charge in [-0.2, -0.15) is 0 Å². The molecule has 8 aromatic rings. The second kappa shape index (κ2) is 10.4. The molecule has 0 N–H and O–H groups in total. The molecule has 0 spiro atoms. The van der Waals surface area contributed by atoms with Gasteiger partial charge in [0, 0.05) is 12.4 Å². The second-order valence-corrected chi connectivity index (χ2v) is 11.3. The van der Waals surface area contributed by atoms with Crippen molar-refractivity contribution in [1.29, 1.82) is 0 Å². The molecule has 0 radical (unpaired) electrons. The van der Waals surface area contributed by atoms with Crippen LogP contribution in [-0.4, -0.2) is 4.98 Å². The summed E-state index contributed by atoms with van der Waals surface area (Å²) in [5.74, 6) is 0. The van der Waals surface area contributed by atoms with Crippen LogP contribution in [0.4, 0.5) is 0 Å². The molecule has 0 bridgehead atoms. The van der Waals surface area contributed by atoms with Crippen LogP contribution in [0.3, 0.4) is 0 Å². The molecule has 0 aliphatic carbocycles. The zero-order valence-electron chi connectivity index (χ0n) is 24.0. The molecule has 0 aliphatic rings. The highest BCUT2D eigenvalue weighted by Gasteiger charge is 2.17. The zero-order chi connectivity index (χ0) is 28.8. The van der Waals surface area contributed by atoms with Crippen molar-refractivity contribution in [2.24, 2.45) is 0 Å². The summed E-state index contributed by atoms with van der Waals surface area (Å²) in [5.41, 5.74) is 11.1. The Bertz CT molecular complexity index is 2220. The molecule has 0 aliphatic heterocycles. The predicted octanol–water partition coefficient (Wildman–Crippen LogP) is 11.5. The van der Waals surface area contributed by atoms with Gasteiger partial charge < -0.3 is 0 Å². The largest absolute Gasteiger partial charge is 0.265 e. The normalized spacial score (nSPS) is 11.4. The van der Waals surface area contributed by atoms with Crippen molar-refractivity contribution in [2.75, 3.05) is 0 Å². The fourth-order valence-corrected chi connectivity index (χ4v) is 6.53. The van der Waals surface area contributed by atoms with E-state index in [0.717, 1.165) is 0 Å². The van der Waals surface area contributed by atoms with Crippen molar-refractivity contribution in [3.05, 3.63) is 164 Å². The van der Waals surface area contributed by atoms with E-state index < -0.39 is 0 Å². The summed E-state index contributed by atoms with van der Waals surface area (Å²) in [6, 6.07) is 53.3. The third-order valence-corrected chi connectivity index (χ3v) is 8.60. The smallest absolute Gasteiger partial charge is 0.0273 e. The van der Waals surface area contributed by atoms with Crippen molar-refractivity contribution >= 4 is 32.3 Å². The first kappa shape index (κ1) is 25.2. The number of aryl methyl sites for hydroxylation is 1. The molecule has 1 aromatic heterocycles. The van der Waals surface area contributed by atoms with Crippen molar-refractivity contribution in [2.45, 2.75) is 6.92 Å². The fourth-order valence-electron chi connectivity index (χ4n) is 6.53. The van der Waals surface area contributed by atoms with Gasteiger partial charge in [0.05, 0.1) is 0 Å². The van der Waals surface area contributed by atoms with Gasteiger partial charge in [-0.1, -0.05) is 127 Å². The Hall–Kier alpha value is -5.53. The molecule has 8 rings (SSSR count). The third-order valence-electron chi connectivity index (χ3n) is 8.60. The summed E-state index contributed by atoms with van der Waals surface area (Å²) in [6.45, 7) is 2.16. The quantitative estimate of drug-likeness (QED) is 0.200. The molecule has 202 valence electrons. The lowest BCUT2D eigenvalue weighted by Crippen LogP contribution is -1.91. The summed E-state index contributed by atoms with van der Waals surface area (Å²) in [7, 11) is 0. The molecule has 1 heterocycles. The Morgan fingerprint density at radius 3 is 1.47 bits per heavy atom. The van der Waals surface area contributed by atoms with E-state index >= 15 is 0 Å². The number of nitrogens with zero attached hydrogens (tertiary/aromatic N) is 1. The predicted molar refractivity (Wildman–Crippen MR) is 183 cm³/mol. The number of hydrogen-bond acceptors (Lipinski definition) is 1. The van der Waals surface area contributed by atoms with Gasteiger partial charge in [-0.3, -0.25) is 4.98 Å². The van der Waals surface area contributed by atoms with Crippen molar-refractivity contribution in [1.82, 2.24) is 4.98 Å². The standard InChI is InChI=1S/C42H29N/c1-28-13-14-31-19-20-35(27-36(31)25-28)42-39-11-4-2-9-37(39)41(38-10-3-5-12-40(38)42)34-8-6-7-33(26-34)30-17-15-29(16-18-30)32-21-23-43-24-22-32/h2-27H,1H3. The third kappa shape index (κ3) is 4.47. The van der Waals surface area contributed by atoms with E-state index in [2.05, 4.69) is 158 Å². The first-order valence-corrected chi connectivity index (χ1v) is 14.8. The Kier molecular flexibility index (Phi) is 6.09. The Labute approximate surface area is 251 Å². The SMILES string of the molecule is Cc1ccc2ccc(-c3c4ccccc4c(-c4cccc(-c5ccc(-c6ccncc6)cc5)c4)c4ccccc34)cc2c1. The van der Waals surface area contributed by atoms with Gasteiger partial charge in [-0.25, -0.2) is 0 Å². The van der Waals surface area contributed by atoms with Crippen molar-refractivity contribution < 1.29 is 0 Å². The molecule has 0 saturated heterocycles.